The molecule has 2 rings (SSSR count). The molecule has 0 saturated heterocycles. The van der Waals surface area contributed by atoms with Crippen molar-refractivity contribution in [1.82, 2.24) is 0 Å². The zero-order valence-electron chi connectivity index (χ0n) is 17.6. The molecule has 0 radical (unpaired) electrons. The van der Waals surface area contributed by atoms with Gasteiger partial charge in [-0.15, -0.1) is 0 Å². The Morgan fingerprint density at radius 3 is 2.34 bits per heavy atom. The molecule has 0 heterocycles. The van der Waals surface area contributed by atoms with Crippen LogP contribution in [0.25, 0.3) is 0 Å². The maximum absolute atomic E-state index is 12.4. The third-order valence-electron chi connectivity index (χ3n) is 5.03. The molecular formula is C24H32O4S. The second kappa shape index (κ2) is 11.3. The fraction of sp³-hybridized carbons (Fsp3) is 0.417. The summed E-state index contributed by atoms with van der Waals surface area (Å²) in [6.45, 7) is 11.4. The smallest absolute Gasteiger partial charge is 0.296 e. The molecule has 0 saturated carbocycles. The summed E-state index contributed by atoms with van der Waals surface area (Å²) in [5.74, 6) is 0.227. The van der Waals surface area contributed by atoms with Crippen molar-refractivity contribution in [2.24, 2.45) is 11.8 Å². The Hall–Kier alpha value is -1.95. The Morgan fingerprint density at radius 2 is 1.72 bits per heavy atom. The molecule has 2 atom stereocenters. The summed E-state index contributed by atoms with van der Waals surface area (Å²) in [6, 6.07) is 16.8. The van der Waals surface area contributed by atoms with E-state index in [0.29, 0.717) is 13.2 Å². The second-order valence-electron chi connectivity index (χ2n) is 7.66. The number of hydrogen-bond acceptors (Lipinski definition) is 4. The average molecular weight is 417 g/mol. The molecule has 5 heteroatoms. The van der Waals surface area contributed by atoms with Crippen molar-refractivity contribution in [3.63, 3.8) is 0 Å². The summed E-state index contributed by atoms with van der Waals surface area (Å²) < 4.78 is 35.9. The van der Waals surface area contributed by atoms with E-state index in [1.807, 2.05) is 51.1 Å². The van der Waals surface area contributed by atoms with E-state index in [1.165, 1.54) is 0 Å². The minimum Gasteiger partial charge on any atom is -0.377 e. The number of aryl methyl sites for hydroxylation is 1. The molecule has 2 aromatic rings. The molecular weight excluding hydrogens is 384 g/mol. The van der Waals surface area contributed by atoms with Crippen LogP contribution in [-0.2, 0) is 25.6 Å². The van der Waals surface area contributed by atoms with Crippen LogP contribution in [-0.4, -0.2) is 21.6 Å². The Bertz CT molecular complexity index is 858. The lowest BCUT2D eigenvalue weighted by atomic mass is 9.85. The van der Waals surface area contributed by atoms with Gasteiger partial charge in [0.05, 0.1) is 18.1 Å². The van der Waals surface area contributed by atoms with Crippen LogP contribution in [0, 0.1) is 18.8 Å². The molecule has 0 aliphatic carbocycles. The zero-order valence-corrected chi connectivity index (χ0v) is 18.5. The molecule has 0 amide bonds. The molecule has 0 aliphatic rings. The summed E-state index contributed by atoms with van der Waals surface area (Å²) in [4.78, 5) is 0.191. The number of benzene rings is 2. The fourth-order valence-corrected chi connectivity index (χ4v) is 4.27. The standard InChI is InChI=1S/C24H32O4S/c1-19(2)24(11-8-16-27-18-22-9-6-5-7-10-22)21(4)17-28-29(25,26)23-14-12-20(3)13-15-23/h5-7,9-10,12-15,21,24H,1,8,11,16-18H2,2-4H3/t21-,24+/m1/s1. The van der Waals surface area contributed by atoms with Gasteiger partial charge in [0.25, 0.3) is 10.1 Å². The van der Waals surface area contributed by atoms with Crippen molar-refractivity contribution in [3.8, 4) is 0 Å². The van der Waals surface area contributed by atoms with Crippen LogP contribution in [0.15, 0.2) is 71.6 Å². The van der Waals surface area contributed by atoms with Gasteiger partial charge in [-0.25, -0.2) is 0 Å². The van der Waals surface area contributed by atoms with Gasteiger partial charge < -0.3 is 4.74 Å². The first-order chi connectivity index (χ1) is 13.8. The third kappa shape index (κ3) is 7.77. The lowest BCUT2D eigenvalue weighted by molar-refractivity contribution is 0.111. The Labute approximate surface area is 175 Å². The van der Waals surface area contributed by atoms with E-state index in [4.69, 9.17) is 8.92 Å². The third-order valence-corrected chi connectivity index (χ3v) is 6.33. The van der Waals surface area contributed by atoms with Crippen LogP contribution >= 0.6 is 0 Å². The maximum Gasteiger partial charge on any atom is 0.296 e. The molecule has 0 spiro atoms. The van der Waals surface area contributed by atoms with Crippen molar-refractivity contribution < 1.29 is 17.3 Å². The number of ether oxygens (including phenoxy) is 1. The van der Waals surface area contributed by atoms with Crippen molar-refractivity contribution in [2.45, 2.75) is 45.1 Å². The van der Waals surface area contributed by atoms with Gasteiger partial charge in [0.2, 0.25) is 0 Å². The topological polar surface area (TPSA) is 52.6 Å². The first-order valence-corrected chi connectivity index (χ1v) is 11.4. The van der Waals surface area contributed by atoms with Gasteiger partial charge in [0.15, 0.2) is 0 Å². The lowest BCUT2D eigenvalue weighted by Gasteiger charge is -2.24. The monoisotopic (exact) mass is 416 g/mol. The average Bonchev–Trinajstić information content (AvgIpc) is 2.70. The lowest BCUT2D eigenvalue weighted by Crippen LogP contribution is -2.21. The van der Waals surface area contributed by atoms with Crippen LogP contribution in [0.1, 0.15) is 37.8 Å². The number of rotatable bonds is 12. The van der Waals surface area contributed by atoms with Crippen LogP contribution < -0.4 is 0 Å². The Balaban J connectivity index is 1.80. The van der Waals surface area contributed by atoms with Gasteiger partial charge in [-0.1, -0.05) is 67.1 Å². The molecule has 158 valence electrons. The molecule has 0 N–H and O–H groups in total. The van der Waals surface area contributed by atoms with Crippen LogP contribution in [0.3, 0.4) is 0 Å². The van der Waals surface area contributed by atoms with E-state index in [1.54, 1.807) is 24.3 Å². The Kier molecular flexibility index (Phi) is 9.08. The first-order valence-electron chi connectivity index (χ1n) is 10.0. The summed E-state index contributed by atoms with van der Waals surface area (Å²) >= 11 is 0. The molecule has 2 aromatic carbocycles. The molecule has 0 aliphatic heterocycles. The highest BCUT2D eigenvalue weighted by atomic mass is 32.2. The van der Waals surface area contributed by atoms with Crippen LogP contribution in [0.2, 0.25) is 0 Å². The van der Waals surface area contributed by atoms with E-state index >= 15 is 0 Å². The largest absolute Gasteiger partial charge is 0.377 e. The van der Waals surface area contributed by atoms with Gasteiger partial charge in [-0.2, -0.15) is 8.42 Å². The zero-order chi connectivity index (χ0) is 21.3. The molecule has 29 heavy (non-hydrogen) atoms. The fourth-order valence-electron chi connectivity index (χ4n) is 3.27. The van der Waals surface area contributed by atoms with Crippen molar-refractivity contribution in [1.29, 1.82) is 0 Å². The molecule has 0 fully saturated rings. The Morgan fingerprint density at radius 1 is 1.07 bits per heavy atom. The summed E-state index contributed by atoms with van der Waals surface area (Å²) in [6.07, 6.45) is 1.78. The first kappa shape index (κ1) is 23.3. The predicted octanol–water partition coefficient (Wildman–Crippen LogP) is 5.53. The SMILES string of the molecule is C=C(C)[C@H](CCCOCc1ccccc1)[C@H](C)COS(=O)(=O)c1ccc(C)cc1. The highest BCUT2D eigenvalue weighted by molar-refractivity contribution is 7.86. The molecule has 0 aromatic heterocycles. The second-order valence-corrected chi connectivity index (χ2v) is 9.28. The molecule has 0 unspecified atom stereocenters. The summed E-state index contributed by atoms with van der Waals surface area (Å²) in [5.41, 5.74) is 3.21. The highest BCUT2D eigenvalue weighted by Gasteiger charge is 2.22. The van der Waals surface area contributed by atoms with E-state index in [0.717, 1.165) is 29.5 Å². The van der Waals surface area contributed by atoms with Gasteiger partial charge in [0.1, 0.15) is 0 Å². The quantitative estimate of drug-likeness (QED) is 0.259. The van der Waals surface area contributed by atoms with Crippen LogP contribution in [0.5, 0.6) is 0 Å². The minimum absolute atomic E-state index is 0.0434. The van der Waals surface area contributed by atoms with E-state index in [2.05, 4.69) is 6.58 Å². The highest BCUT2D eigenvalue weighted by Crippen LogP contribution is 2.26. The molecule has 0 bridgehead atoms. The van der Waals surface area contributed by atoms with Gasteiger partial charge >= 0.3 is 0 Å². The van der Waals surface area contributed by atoms with Gasteiger partial charge in [-0.3, -0.25) is 4.18 Å². The van der Waals surface area contributed by atoms with Gasteiger partial charge in [-0.05, 0) is 56.2 Å². The number of hydrogen-bond donors (Lipinski definition) is 0. The van der Waals surface area contributed by atoms with Gasteiger partial charge in [0, 0.05) is 6.61 Å². The predicted molar refractivity (Wildman–Crippen MR) is 117 cm³/mol. The van der Waals surface area contributed by atoms with Crippen molar-refractivity contribution in [2.75, 3.05) is 13.2 Å². The van der Waals surface area contributed by atoms with E-state index in [9.17, 15) is 8.42 Å². The summed E-state index contributed by atoms with van der Waals surface area (Å²) in [5, 5.41) is 0. The van der Waals surface area contributed by atoms with Crippen molar-refractivity contribution in [3.05, 3.63) is 77.9 Å². The maximum atomic E-state index is 12.4. The normalized spacial score (nSPS) is 13.8. The van der Waals surface area contributed by atoms with Crippen LogP contribution in [0.4, 0.5) is 0 Å². The number of allylic oxidation sites excluding steroid dienone is 1. The summed E-state index contributed by atoms with van der Waals surface area (Å²) in [7, 11) is -3.75. The molecule has 4 nitrogen and oxygen atoms in total. The van der Waals surface area contributed by atoms with Crippen molar-refractivity contribution >= 4 is 10.1 Å². The minimum atomic E-state index is -3.75. The van der Waals surface area contributed by atoms with E-state index < -0.39 is 10.1 Å². The van der Waals surface area contributed by atoms with E-state index in [-0.39, 0.29) is 23.3 Å².